The Balaban J connectivity index is 1.69. The number of rotatable bonds is 3. The normalized spacial score (nSPS) is 17.2. The van der Waals surface area contributed by atoms with Gasteiger partial charge in [-0.2, -0.15) is 5.10 Å². The van der Waals surface area contributed by atoms with Crippen molar-refractivity contribution in [2.24, 2.45) is 0 Å². The second-order valence-electron chi connectivity index (χ2n) is 4.91. The number of nitrogens with one attached hydrogen (secondary N) is 2. The molecule has 2 amide bonds. The fourth-order valence-electron chi connectivity index (χ4n) is 2.33. The van der Waals surface area contributed by atoms with E-state index < -0.39 is 12.0 Å². The van der Waals surface area contributed by atoms with Gasteiger partial charge in [-0.15, -0.1) is 0 Å². The Bertz CT molecular complexity index is 663. The van der Waals surface area contributed by atoms with E-state index in [1.165, 1.54) is 0 Å². The Morgan fingerprint density at radius 1 is 1.23 bits per heavy atom. The van der Waals surface area contributed by atoms with Crippen LogP contribution in [-0.2, 0) is 9.53 Å². The van der Waals surface area contributed by atoms with Gasteiger partial charge in [0.1, 0.15) is 6.10 Å². The molecule has 1 unspecified atom stereocenters. The molecule has 1 fully saturated rings. The van der Waals surface area contributed by atoms with Crippen LogP contribution in [0.15, 0.2) is 42.7 Å². The zero-order valence-electron chi connectivity index (χ0n) is 11.9. The number of carbonyl (C=O) groups excluding carboxylic acids is 2. The Labute approximate surface area is 127 Å². The van der Waals surface area contributed by atoms with Gasteiger partial charge in [0.25, 0.3) is 11.8 Å². The van der Waals surface area contributed by atoms with Crippen molar-refractivity contribution in [2.45, 2.75) is 18.9 Å². The molecule has 0 radical (unpaired) electrons. The zero-order chi connectivity index (χ0) is 15.4. The number of carbonyl (C=O) groups is 2. The summed E-state index contributed by atoms with van der Waals surface area (Å²) in [6, 6.07) is 8.80. The molecule has 0 spiro atoms. The van der Waals surface area contributed by atoms with E-state index in [0.29, 0.717) is 24.3 Å². The first-order valence-electron chi connectivity index (χ1n) is 7.06. The molecule has 1 aromatic carbocycles. The molecule has 114 valence electrons. The van der Waals surface area contributed by atoms with Crippen molar-refractivity contribution in [3.8, 4) is 5.69 Å². The van der Waals surface area contributed by atoms with E-state index in [-0.39, 0.29) is 5.91 Å². The van der Waals surface area contributed by atoms with Crippen LogP contribution in [0.5, 0.6) is 0 Å². The average Bonchev–Trinajstić information content (AvgIpc) is 3.24. The molecule has 0 bridgehead atoms. The lowest BCUT2D eigenvalue weighted by atomic mass is 10.1. The molecule has 22 heavy (non-hydrogen) atoms. The fraction of sp³-hybridized carbons (Fsp3) is 0.267. The Kier molecular flexibility index (Phi) is 4.15. The highest BCUT2D eigenvalue weighted by Gasteiger charge is 2.24. The molecule has 0 aliphatic carbocycles. The van der Waals surface area contributed by atoms with Crippen molar-refractivity contribution < 1.29 is 14.3 Å². The number of para-hydroxylation sites is 1. The van der Waals surface area contributed by atoms with Crippen molar-refractivity contribution in [3.05, 3.63) is 48.3 Å². The second-order valence-corrected chi connectivity index (χ2v) is 4.91. The maximum Gasteiger partial charge on any atom is 0.271 e. The van der Waals surface area contributed by atoms with E-state index in [4.69, 9.17) is 4.74 Å². The van der Waals surface area contributed by atoms with Crippen LogP contribution in [-0.4, -0.2) is 34.3 Å². The Morgan fingerprint density at radius 3 is 2.82 bits per heavy atom. The molecular weight excluding hydrogens is 284 g/mol. The third-order valence-electron chi connectivity index (χ3n) is 3.42. The van der Waals surface area contributed by atoms with E-state index in [0.717, 1.165) is 6.42 Å². The lowest BCUT2D eigenvalue weighted by Crippen LogP contribution is -2.46. The quantitative estimate of drug-likeness (QED) is 0.822. The standard InChI is InChI=1S/C15H16N4O3/c20-14(17-18-15(21)13-7-3-10-22-13)11-5-1-2-6-12(11)19-9-4-8-16-19/h1-2,4-6,8-9,13H,3,7,10H2,(H,17,20)(H,18,21). The summed E-state index contributed by atoms with van der Waals surface area (Å²) in [7, 11) is 0. The smallest absolute Gasteiger partial charge is 0.271 e. The lowest BCUT2D eigenvalue weighted by Gasteiger charge is -2.13. The minimum atomic E-state index is -0.485. The lowest BCUT2D eigenvalue weighted by molar-refractivity contribution is -0.130. The third kappa shape index (κ3) is 2.99. The number of nitrogens with zero attached hydrogens (tertiary/aromatic N) is 2. The number of hydrogen-bond acceptors (Lipinski definition) is 4. The monoisotopic (exact) mass is 300 g/mol. The SMILES string of the molecule is O=C(NNC(=O)C1CCCO1)c1ccccc1-n1cccn1. The molecule has 1 atom stereocenters. The molecular formula is C15H16N4O3. The summed E-state index contributed by atoms with van der Waals surface area (Å²) in [4.78, 5) is 24.1. The molecule has 1 saturated heterocycles. The average molecular weight is 300 g/mol. The summed E-state index contributed by atoms with van der Waals surface area (Å²) in [6.07, 6.45) is 4.42. The van der Waals surface area contributed by atoms with Crippen molar-refractivity contribution in [1.82, 2.24) is 20.6 Å². The molecule has 2 aromatic rings. The van der Waals surface area contributed by atoms with E-state index in [2.05, 4.69) is 16.0 Å². The highest BCUT2D eigenvalue weighted by Crippen LogP contribution is 2.13. The molecule has 0 saturated carbocycles. The summed E-state index contributed by atoms with van der Waals surface area (Å²) < 4.78 is 6.85. The molecule has 3 rings (SSSR count). The summed E-state index contributed by atoms with van der Waals surface area (Å²) in [5, 5.41) is 4.12. The first kappa shape index (κ1) is 14.3. The maximum absolute atomic E-state index is 12.3. The van der Waals surface area contributed by atoms with E-state index in [1.54, 1.807) is 41.3 Å². The number of ether oxygens (including phenoxy) is 1. The molecule has 1 aromatic heterocycles. The van der Waals surface area contributed by atoms with Crippen molar-refractivity contribution in [1.29, 1.82) is 0 Å². The fourth-order valence-corrected chi connectivity index (χ4v) is 2.33. The minimum absolute atomic E-state index is 0.331. The van der Waals surface area contributed by atoms with Crippen LogP contribution in [0.3, 0.4) is 0 Å². The number of aromatic nitrogens is 2. The molecule has 2 N–H and O–H groups in total. The summed E-state index contributed by atoms with van der Waals surface area (Å²) in [5.74, 6) is -0.736. The van der Waals surface area contributed by atoms with E-state index >= 15 is 0 Å². The Hall–Kier alpha value is -2.67. The van der Waals surface area contributed by atoms with Crippen molar-refractivity contribution in [3.63, 3.8) is 0 Å². The van der Waals surface area contributed by atoms with E-state index in [1.807, 2.05) is 6.07 Å². The number of hydrazine groups is 1. The van der Waals surface area contributed by atoms with Crippen LogP contribution >= 0.6 is 0 Å². The van der Waals surface area contributed by atoms with Gasteiger partial charge in [0.15, 0.2) is 0 Å². The van der Waals surface area contributed by atoms with Gasteiger partial charge in [0.05, 0.1) is 11.3 Å². The van der Waals surface area contributed by atoms with Crippen molar-refractivity contribution >= 4 is 11.8 Å². The van der Waals surface area contributed by atoms with Crippen LogP contribution in [0.25, 0.3) is 5.69 Å². The van der Waals surface area contributed by atoms with Gasteiger partial charge in [0, 0.05) is 19.0 Å². The Morgan fingerprint density at radius 2 is 2.09 bits per heavy atom. The van der Waals surface area contributed by atoms with Crippen molar-refractivity contribution in [2.75, 3.05) is 6.61 Å². The summed E-state index contributed by atoms with van der Waals surface area (Å²) >= 11 is 0. The molecule has 7 nitrogen and oxygen atoms in total. The summed E-state index contributed by atoms with van der Waals surface area (Å²) in [6.45, 7) is 0.578. The molecule has 7 heteroatoms. The number of hydrogen-bond donors (Lipinski definition) is 2. The third-order valence-corrected chi connectivity index (χ3v) is 3.42. The molecule has 1 aliphatic rings. The zero-order valence-corrected chi connectivity index (χ0v) is 11.9. The minimum Gasteiger partial charge on any atom is -0.368 e. The first-order valence-corrected chi connectivity index (χ1v) is 7.06. The van der Waals surface area contributed by atoms with Crippen LogP contribution in [0.2, 0.25) is 0 Å². The number of benzene rings is 1. The highest BCUT2D eigenvalue weighted by atomic mass is 16.5. The van der Waals surface area contributed by atoms with Crippen LogP contribution in [0.4, 0.5) is 0 Å². The van der Waals surface area contributed by atoms with Gasteiger partial charge < -0.3 is 4.74 Å². The predicted molar refractivity (Wildman–Crippen MR) is 78.1 cm³/mol. The van der Waals surface area contributed by atoms with Crippen LogP contribution < -0.4 is 10.9 Å². The van der Waals surface area contributed by atoms with Gasteiger partial charge >= 0.3 is 0 Å². The first-order chi connectivity index (χ1) is 10.8. The number of amides is 2. The van der Waals surface area contributed by atoms with Gasteiger partial charge in [-0.1, -0.05) is 12.1 Å². The second kappa shape index (κ2) is 6.40. The topological polar surface area (TPSA) is 85.3 Å². The van der Waals surface area contributed by atoms with Gasteiger partial charge in [-0.05, 0) is 31.0 Å². The largest absolute Gasteiger partial charge is 0.368 e. The van der Waals surface area contributed by atoms with Gasteiger partial charge in [0.2, 0.25) is 0 Å². The van der Waals surface area contributed by atoms with Crippen LogP contribution in [0.1, 0.15) is 23.2 Å². The van der Waals surface area contributed by atoms with Gasteiger partial charge in [-0.25, -0.2) is 4.68 Å². The van der Waals surface area contributed by atoms with E-state index in [9.17, 15) is 9.59 Å². The molecule has 1 aliphatic heterocycles. The predicted octanol–water partition coefficient (Wildman–Crippen LogP) is 0.812. The maximum atomic E-state index is 12.3. The highest BCUT2D eigenvalue weighted by molar-refractivity contribution is 5.98. The molecule has 2 heterocycles. The van der Waals surface area contributed by atoms with Gasteiger partial charge in [-0.3, -0.25) is 20.4 Å². The van der Waals surface area contributed by atoms with Crippen LogP contribution in [0, 0.1) is 0 Å². The summed E-state index contributed by atoms with van der Waals surface area (Å²) in [5.41, 5.74) is 5.87.